The minimum absolute atomic E-state index is 0.0459. The van der Waals surface area contributed by atoms with Crippen LogP contribution in [0.25, 0.3) is 0 Å². The van der Waals surface area contributed by atoms with Gasteiger partial charge in [0.2, 0.25) is 10.0 Å². The van der Waals surface area contributed by atoms with Gasteiger partial charge in [0.1, 0.15) is 10.0 Å². The monoisotopic (exact) mass is 445 g/mol. The van der Waals surface area contributed by atoms with Crippen molar-refractivity contribution < 1.29 is 8.42 Å². The first-order valence-corrected chi connectivity index (χ1v) is 10.4. The van der Waals surface area contributed by atoms with Crippen molar-refractivity contribution in [2.24, 2.45) is 0 Å². The molecule has 0 radical (unpaired) electrons. The fourth-order valence-electron chi connectivity index (χ4n) is 2.41. The fraction of sp³-hybridized carbons (Fsp3) is 0.353. The van der Waals surface area contributed by atoms with Crippen molar-refractivity contribution in [3.8, 4) is 0 Å². The van der Waals surface area contributed by atoms with E-state index in [2.05, 4.69) is 31.0 Å². The van der Waals surface area contributed by atoms with Crippen molar-refractivity contribution in [1.82, 2.24) is 15.0 Å². The van der Waals surface area contributed by atoms with Crippen LogP contribution < -0.4 is 10.0 Å². The van der Waals surface area contributed by atoms with Crippen LogP contribution in [0.3, 0.4) is 0 Å². The molecule has 5 nitrogen and oxygen atoms in total. The highest BCUT2D eigenvalue weighted by atomic mass is 79.9. The molecule has 1 unspecified atom stereocenters. The number of pyridine rings is 1. The number of rotatable bonds is 7. The van der Waals surface area contributed by atoms with E-state index in [1.54, 1.807) is 0 Å². The van der Waals surface area contributed by atoms with Crippen LogP contribution in [0.15, 0.2) is 52.0 Å². The van der Waals surface area contributed by atoms with Crippen LogP contribution in [-0.4, -0.2) is 25.5 Å². The maximum atomic E-state index is 12.5. The van der Waals surface area contributed by atoms with Crippen LogP contribution in [0.2, 0.25) is 5.15 Å². The molecule has 2 N–H and O–H groups in total. The lowest BCUT2D eigenvalue weighted by molar-refractivity contribution is 0.346. The minimum Gasteiger partial charge on any atom is -0.304 e. The van der Waals surface area contributed by atoms with Gasteiger partial charge >= 0.3 is 0 Å². The number of halogens is 2. The average molecular weight is 447 g/mol. The third kappa shape index (κ3) is 5.76. The molecule has 8 heteroatoms. The van der Waals surface area contributed by atoms with Gasteiger partial charge in [-0.25, -0.2) is 18.1 Å². The quantitative estimate of drug-likeness (QED) is 0.633. The van der Waals surface area contributed by atoms with E-state index in [0.29, 0.717) is 4.47 Å². The van der Waals surface area contributed by atoms with Gasteiger partial charge in [-0.15, -0.1) is 0 Å². The number of sulfonamides is 1. The van der Waals surface area contributed by atoms with Crippen molar-refractivity contribution in [1.29, 1.82) is 0 Å². The lowest BCUT2D eigenvalue weighted by Gasteiger charge is -2.30. The first-order chi connectivity index (χ1) is 11.6. The Labute approximate surface area is 162 Å². The molecule has 2 aromatic rings. The summed E-state index contributed by atoms with van der Waals surface area (Å²) in [6.45, 7) is 6.13. The van der Waals surface area contributed by atoms with Gasteiger partial charge in [0.25, 0.3) is 0 Å². The molecular formula is C17H21BrClN3O2S. The van der Waals surface area contributed by atoms with Gasteiger partial charge in [-0.1, -0.05) is 41.9 Å². The lowest BCUT2D eigenvalue weighted by Crippen LogP contribution is -2.49. The summed E-state index contributed by atoms with van der Waals surface area (Å²) in [7, 11) is -3.76. The van der Waals surface area contributed by atoms with E-state index >= 15 is 0 Å². The topological polar surface area (TPSA) is 71.1 Å². The summed E-state index contributed by atoms with van der Waals surface area (Å²) < 4.78 is 28.2. The summed E-state index contributed by atoms with van der Waals surface area (Å²) in [5, 5.41) is 3.38. The molecule has 0 bridgehead atoms. The van der Waals surface area contributed by atoms with Crippen LogP contribution in [0.5, 0.6) is 0 Å². The summed E-state index contributed by atoms with van der Waals surface area (Å²) >= 11 is 9.14. The molecule has 1 aromatic carbocycles. The van der Waals surface area contributed by atoms with E-state index in [1.807, 2.05) is 51.1 Å². The first-order valence-electron chi connectivity index (χ1n) is 7.74. The molecular weight excluding hydrogens is 426 g/mol. The van der Waals surface area contributed by atoms with Crippen LogP contribution in [0, 0.1) is 0 Å². The molecule has 0 saturated heterocycles. The van der Waals surface area contributed by atoms with Crippen molar-refractivity contribution in [3.05, 3.63) is 57.8 Å². The van der Waals surface area contributed by atoms with Gasteiger partial charge in [0.05, 0.1) is 0 Å². The molecule has 0 aliphatic heterocycles. The molecule has 1 atom stereocenters. The fourth-order valence-corrected chi connectivity index (χ4v) is 4.56. The van der Waals surface area contributed by atoms with Gasteiger partial charge in [-0.2, -0.15) is 0 Å². The Morgan fingerprint density at radius 2 is 1.92 bits per heavy atom. The number of nitrogens with zero attached hydrogens (tertiary/aromatic N) is 1. The van der Waals surface area contributed by atoms with Crippen LogP contribution >= 0.6 is 27.5 Å². The van der Waals surface area contributed by atoms with Crippen molar-refractivity contribution in [3.63, 3.8) is 0 Å². The number of benzene rings is 1. The number of hydrogen-bond acceptors (Lipinski definition) is 4. The SMILES string of the molecule is CC(NC(C)(C)CNS(=O)(=O)c1cc(Br)cnc1Cl)c1ccccc1. The number of nitrogens with one attached hydrogen (secondary N) is 2. The maximum Gasteiger partial charge on any atom is 0.243 e. The Morgan fingerprint density at radius 3 is 2.56 bits per heavy atom. The Kier molecular flexibility index (Phi) is 6.62. The van der Waals surface area contributed by atoms with E-state index < -0.39 is 15.6 Å². The molecule has 0 amide bonds. The second-order valence-corrected chi connectivity index (χ2v) is 9.44. The normalized spacial score (nSPS) is 13.6. The van der Waals surface area contributed by atoms with Gasteiger partial charge in [0.15, 0.2) is 0 Å². The van der Waals surface area contributed by atoms with Gasteiger partial charge in [-0.3, -0.25) is 0 Å². The minimum atomic E-state index is -3.76. The first kappa shape index (κ1) is 20.3. The highest BCUT2D eigenvalue weighted by molar-refractivity contribution is 9.10. The second kappa shape index (κ2) is 8.14. The molecule has 25 heavy (non-hydrogen) atoms. The highest BCUT2D eigenvalue weighted by Gasteiger charge is 2.26. The van der Waals surface area contributed by atoms with Crippen LogP contribution in [-0.2, 0) is 10.0 Å². The predicted octanol–water partition coefficient (Wildman–Crippen LogP) is 3.91. The van der Waals surface area contributed by atoms with Crippen molar-refractivity contribution in [2.75, 3.05) is 6.54 Å². The van der Waals surface area contributed by atoms with E-state index in [0.717, 1.165) is 5.56 Å². The zero-order chi connectivity index (χ0) is 18.7. The summed E-state index contributed by atoms with van der Waals surface area (Å²) in [5.41, 5.74) is 0.673. The lowest BCUT2D eigenvalue weighted by atomic mass is 10.0. The average Bonchev–Trinajstić information content (AvgIpc) is 2.56. The molecule has 1 aromatic heterocycles. The molecule has 0 aliphatic carbocycles. The van der Waals surface area contributed by atoms with E-state index in [9.17, 15) is 8.42 Å². The Hall–Kier alpha value is -0.990. The van der Waals surface area contributed by atoms with Crippen LogP contribution in [0.1, 0.15) is 32.4 Å². The maximum absolute atomic E-state index is 12.5. The van der Waals surface area contributed by atoms with Gasteiger partial charge in [-0.05, 0) is 48.3 Å². The highest BCUT2D eigenvalue weighted by Crippen LogP contribution is 2.23. The van der Waals surface area contributed by atoms with Crippen molar-refractivity contribution in [2.45, 2.75) is 37.2 Å². The van der Waals surface area contributed by atoms with Gasteiger partial charge < -0.3 is 5.32 Å². The molecule has 0 spiro atoms. The second-order valence-electron chi connectivity index (χ2n) is 6.43. The molecule has 136 valence electrons. The molecule has 0 aliphatic rings. The standard InChI is InChI=1S/C17H21BrClN3O2S/c1-12(13-7-5-4-6-8-13)22-17(2,3)11-21-25(23,24)15-9-14(18)10-20-16(15)19/h4-10,12,21-22H,11H2,1-3H3. The summed E-state index contributed by atoms with van der Waals surface area (Å²) in [6.07, 6.45) is 1.45. The third-order valence-electron chi connectivity index (χ3n) is 3.67. The summed E-state index contributed by atoms with van der Waals surface area (Å²) in [5.74, 6) is 0. The van der Waals surface area contributed by atoms with Crippen molar-refractivity contribution >= 4 is 37.6 Å². The summed E-state index contributed by atoms with van der Waals surface area (Å²) in [6, 6.07) is 11.5. The Bertz CT molecular complexity index is 829. The predicted molar refractivity (Wildman–Crippen MR) is 104 cm³/mol. The molecule has 0 fully saturated rings. The molecule has 2 rings (SSSR count). The van der Waals surface area contributed by atoms with Crippen LogP contribution in [0.4, 0.5) is 0 Å². The molecule has 1 heterocycles. The Morgan fingerprint density at radius 1 is 1.28 bits per heavy atom. The summed E-state index contributed by atoms with van der Waals surface area (Å²) in [4.78, 5) is 3.82. The van der Waals surface area contributed by atoms with E-state index in [-0.39, 0.29) is 22.6 Å². The van der Waals surface area contributed by atoms with E-state index in [1.165, 1.54) is 12.3 Å². The zero-order valence-electron chi connectivity index (χ0n) is 14.3. The molecule has 0 saturated carbocycles. The third-order valence-corrected chi connectivity index (χ3v) is 5.94. The number of aromatic nitrogens is 1. The zero-order valence-corrected chi connectivity index (χ0v) is 17.4. The van der Waals surface area contributed by atoms with E-state index in [4.69, 9.17) is 11.6 Å². The Balaban J connectivity index is 2.06. The largest absolute Gasteiger partial charge is 0.304 e. The number of hydrogen-bond donors (Lipinski definition) is 2. The smallest absolute Gasteiger partial charge is 0.243 e. The van der Waals surface area contributed by atoms with Gasteiger partial charge in [0, 0.05) is 28.8 Å².